The maximum atomic E-state index is 16.9. The predicted molar refractivity (Wildman–Crippen MR) is 417 cm³/mol. The van der Waals surface area contributed by atoms with Gasteiger partial charge < -0.3 is 13.6 Å². The van der Waals surface area contributed by atoms with Gasteiger partial charge in [-0.3, -0.25) is 23.0 Å². The van der Waals surface area contributed by atoms with Crippen LogP contribution < -0.4 is 15.9 Å². The Morgan fingerprint density at radius 2 is 0.947 bits per heavy atom. The number of esters is 1. The Hall–Kier alpha value is -12.4. The van der Waals surface area contributed by atoms with Crippen LogP contribution in [0.15, 0.2) is 255 Å². The highest BCUT2D eigenvalue weighted by Gasteiger charge is 2.41. The molecule has 0 amide bonds. The van der Waals surface area contributed by atoms with Gasteiger partial charge in [0, 0.05) is 65.8 Å². The molecule has 0 bridgehead atoms. The third-order valence-corrected chi connectivity index (χ3v) is 20.4. The standard InChI is InChI=1S/C91H64BF14N3O5/c1-48(2)33-52-21-27-57(28-22-52)74-46-69(55-15-9-7-10-16-55)83(107-74)82(84-70(56-17-11-8-12-18-56)47-75(109(84)92(105)106)58-29-23-53(24-30-58)34-49(3)4)78-50(5)35-66(36-51(78)6)113-77(110)37-54-25-31-65(32-26-54)108-86(111)72-44-68(59-38-61(88(93,94)95)42-62(39-59)89(96,97)98)79-67-19-13-14-20-76(67)114-85-71(45-73(87(108)112)80(72)81(79)85)60-40-63(90(99,100)101)43-64(41-60)91(102,103)104/h7-32,35-36,38-49H,33-34,37H2,1-6H3/b83-82-. The number of alkyl halides is 12. The number of benzene rings is 11. The number of pyridine rings is 1. The zero-order valence-corrected chi connectivity index (χ0v) is 61.5. The average Bonchev–Trinajstić information content (AvgIpc) is 1.02. The minimum Gasteiger partial charge on any atom is -0.455 e. The highest BCUT2D eigenvalue weighted by Crippen LogP contribution is 2.52. The highest BCUT2D eigenvalue weighted by molar-refractivity contribution is 6.43. The Morgan fingerprint density at radius 1 is 0.474 bits per heavy atom. The van der Waals surface area contributed by atoms with Crippen molar-refractivity contribution in [2.45, 2.75) is 85.5 Å². The van der Waals surface area contributed by atoms with Crippen LogP contribution in [0.1, 0.15) is 100 Å². The topological polar surface area (TPSA) is 95.8 Å². The highest BCUT2D eigenvalue weighted by atomic mass is 19.4. The molecule has 14 aromatic rings. The largest absolute Gasteiger partial charge is 0.678 e. The van der Waals surface area contributed by atoms with E-state index in [4.69, 9.17) is 14.1 Å². The number of carbonyl (C=O) groups is 1. The van der Waals surface area contributed by atoms with Crippen LogP contribution in [-0.2, 0) is 48.8 Å². The van der Waals surface area contributed by atoms with E-state index in [0.717, 1.165) is 51.7 Å². The number of carbonyl (C=O) groups excluding carboxylic acids is 1. The molecule has 574 valence electrons. The number of para-hydroxylation sites is 1. The van der Waals surface area contributed by atoms with E-state index >= 15 is 18.2 Å². The number of nitrogens with zero attached hydrogens (tertiary/aromatic N) is 3. The summed E-state index contributed by atoms with van der Waals surface area (Å²) in [5.41, 5.74) is -4.18. The van der Waals surface area contributed by atoms with Gasteiger partial charge in [0.1, 0.15) is 16.9 Å². The Labute approximate surface area is 642 Å². The van der Waals surface area contributed by atoms with Gasteiger partial charge in [-0.15, -0.1) is 0 Å². The molecule has 4 heterocycles. The molecule has 3 aromatic heterocycles. The normalized spacial score (nSPS) is 13.5. The zero-order chi connectivity index (χ0) is 80.9. The van der Waals surface area contributed by atoms with Crippen molar-refractivity contribution in [2.75, 3.05) is 0 Å². The van der Waals surface area contributed by atoms with Crippen LogP contribution in [0.4, 0.5) is 61.3 Å². The lowest BCUT2D eigenvalue weighted by Gasteiger charge is -2.22. The summed E-state index contributed by atoms with van der Waals surface area (Å²) >= 11 is 0. The number of aryl methyl sites for hydroxylation is 2. The number of aliphatic imine (C=N–C) groups is 1. The second-order valence-electron chi connectivity index (χ2n) is 29.3. The van der Waals surface area contributed by atoms with Gasteiger partial charge in [0.2, 0.25) is 0 Å². The van der Waals surface area contributed by atoms with Gasteiger partial charge in [-0.1, -0.05) is 167 Å². The number of hydrogen-bond donors (Lipinski definition) is 0. The van der Waals surface area contributed by atoms with Crippen LogP contribution in [0.25, 0.3) is 105 Å². The van der Waals surface area contributed by atoms with Crippen molar-refractivity contribution in [3.63, 3.8) is 0 Å². The summed E-state index contributed by atoms with van der Waals surface area (Å²) in [7, 11) is -3.12. The van der Waals surface area contributed by atoms with Gasteiger partial charge >= 0.3 is 38.1 Å². The number of fused-ring (bicyclic) bond motifs is 2. The van der Waals surface area contributed by atoms with E-state index in [9.17, 15) is 57.5 Å². The Morgan fingerprint density at radius 3 is 1.46 bits per heavy atom. The average molecular weight is 1560 g/mol. The van der Waals surface area contributed by atoms with Crippen LogP contribution in [0.5, 0.6) is 5.75 Å². The van der Waals surface area contributed by atoms with E-state index in [1.54, 1.807) is 32.0 Å². The lowest BCUT2D eigenvalue weighted by atomic mass is 9.86. The molecule has 0 atom stereocenters. The van der Waals surface area contributed by atoms with Crippen molar-refractivity contribution in [1.29, 1.82) is 0 Å². The molecule has 0 fully saturated rings. The van der Waals surface area contributed by atoms with Crippen molar-refractivity contribution in [1.82, 2.24) is 9.05 Å². The second-order valence-corrected chi connectivity index (χ2v) is 29.3. The first-order valence-electron chi connectivity index (χ1n) is 36.3. The van der Waals surface area contributed by atoms with Gasteiger partial charge in [-0.05, 0) is 196 Å². The fourth-order valence-corrected chi connectivity index (χ4v) is 15.5. The molecule has 114 heavy (non-hydrogen) atoms. The molecular weight excluding hydrogens is 1490 g/mol. The van der Waals surface area contributed by atoms with Crippen LogP contribution >= 0.6 is 0 Å². The Bertz CT molecular complexity index is 6270. The third-order valence-electron chi connectivity index (χ3n) is 20.4. The van der Waals surface area contributed by atoms with Crippen molar-refractivity contribution in [3.05, 3.63) is 329 Å². The third kappa shape index (κ3) is 14.7. The van der Waals surface area contributed by atoms with E-state index in [1.165, 1.54) is 48.5 Å². The molecule has 0 spiro atoms. The summed E-state index contributed by atoms with van der Waals surface area (Å²) in [6, 6.07) is 52.9. The van der Waals surface area contributed by atoms with Crippen LogP contribution in [-0.4, -0.2) is 28.1 Å². The molecular formula is C91H64BF14N3O5. The minimum atomic E-state index is -5.42. The molecule has 8 nitrogen and oxygen atoms in total. The number of hydrogen-bond acceptors (Lipinski definition) is 6. The van der Waals surface area contributed by atoms with E-state index in [-0.39, 0.29) is 62.3 Å². The summed E-state index contributed by atoms with van der Waals surface area (Å²) in [5.74, 6) is -0.0907. The Balaban J connectivity index is 0.861. The first-order valence-corrected chi connectivity index (χ1v) is 36.3. The quantitative estimate of drug-likeness (QED) is 0.0226. The molecule has 0 unspecified atom stereocenters. The molecule has 0 N–H and O–H groups in total. The fourth-order valence-electron chi connectivity index (χ4n) is 15.5. The van der Waals surface area contributed by atoms with Crippen molar-refractivity contribution < 1.29 is 75.3 Å². The van der Waals surface area contributed by atoms with E-state index in [0.29, 0.717) is 96.6 Å². The first kappa shape index (κ1) is 76.9. The van der Waals surface area contributed by atoms with E-state index < -0.39 is 122 Å². The lowest BCUT2D eigenvalue weighted by Crippen LogP contribution is -2.32. The summed E-state index contributed by atoms with van der Waals surface area (Å²) in [5, 5.41) is -2.24. The molecule has 15 rings (SSSR count). The molecule has 0 saturated heterocycles. The van der Waals surface area contributed by atoms with E-state index in [1.807, 2.05) is 115 Å². The van der Waals surface area contributed by atoms with Crippen LogP contribution in [0.3, 0.4) is 0 Å². The molecule has 11 aromatic carbocycles. The number of aromatic nitrogens is 2. The van der Waals surface area contributed by atoms with Gasteiger partial charge in [0.15, 0.2) is 0 Å². The molecule has 0 aliphatic carbocycles. The number of halogens is 14. The number of allylic oxidation sites excluding steroid dienone is 2. The van der Waals surface area contributed by atoms with Crippen molar-refractivity contribution in [3.8, 4) is 56.1 Å². The Kier molecular flexibility index (Phi) is 19.8. The first-order chi connectivity index (χ1) is 54.1. The monoisotopic (exact) mass is 1560 g/mol. The van der Waals surface area contributed by atoms with Gasteiger partial charge in [-0.25, -0.2) is 9.56 Å². The number of ether oxygens (including phenoxy) is 1. The summed E-state index contributed by atoms with van der Waals surface area (Å²) in [6.45, 7) is 12.0. The van der Waals surface area contributed by atoms with Gasteiger partial charge in [0.05, 0.1) is 51.5 Å². The molecule has 23 heteroatoms. The van der Waals surface area contributed by atoms with Crippen LogP contribution in [0.2, 0.25) is 0 Å². The van der Waals surface area contributed by atoms with E-state index in [2.05, 4.69) is 27.7 Å². The maximum absolute atomic E-state index is 16.9. The molecule has 0 saturated carbocycles. The zero-order valence-electron chi connectivity index (χ0n) is 61.5. The minimum absolute atomic E-state index is 0.0424. The molecule has 1 aliphatic rings. The summed E-state index contributed by atoms with van der Waals surface area (Å²) in [6.07, 6.45) is -18.6. The maximum Gasteiger partial charge on any atom is 0.678 e. The molecule has 1 aliphatic heterocycles. The second kappa shape index (κ2) is 29.3. The van der Waals surface area contributed by atoms with Crippen molar-refractivity contribution in [2.24, 2.45) is 16.8 Å². The van der Waals surface area contributed by atoms with Gasteiger partial charge in [-0.2, -0.15) is 52.7 Å². The van der Waals surface area contributed by atoms with Gasteiger partial charge in [0.25, 0.3) is 11.1 Å². The molecule has 0 radical (unpaired) electrons. The number of rotatable bonds is 17. The predicted octanol–water partition coefficient (Wildman–Crippen LogP) is 24.7. The summed E-state index contributed by atoms with van der Waals surface area (Å²) in [4.78, 5) is 50.6. The van der Waals surface area contributed by atoms with Crippen molar-refractivity contribution >= 4 is 73.7 Å². The smallest absolute Gasteiger partial charge is 0.455 e. The SMILES string of the molecule is Cc1cc(OC(=O)Cc2ccc(-n3c(=O)c4cc(-c5cc(C(F)(F)F)cc(C(F)(F)F)c5)c5oc6ccccc6c6c(-c7cc(C(F)(F)F)cc(C(F)(F)F)c7)cc(c3=O)c4c56)cc2)cc(C)c1/C(=C1/N=C(c2ccc(CC(C)C)cc2)C=C1c1ccccc1)c1c(-c2ccccc2)cc(-c2ccc(CC(C)C)cc2)n1B(F)F. The lowest BCUT2D eigenvalue weighted by molar-refractivity contribution is -0.144. The fraction of sp³-hybridized carbons (Fsp3) is 0.165. The van der Waals surface area contributed by atoms with Crippen LogP contribution in [0, 0.1) is 25.7 Å². The summed E-state index contributed by atoms with van der Waals surface area (Å²) < 4.78 is 225.